The fourth-order valence-corrected chi connectivity index (χ4v) is 5.31. The Morgan fingerprint density at radius 1 is 0.917 bits per heavy atom. The third-order valence-electron chi connectivity index (χ3n) is 7.24. The molecule has 2 fully saturated rings. The van der Waals surface area contributed by atoms with Gasteiger partial charge in [0.05, 0.1) is 11.2 Å². The Morgan fingerprint density at radius 2 is 1.67 bits per heavy atom. The van der Waals surface area contributed by atoms with E-state index in [0.29, 0.717) is 36.6 Å². The Balaban J connectivity index is 1.22. The number of aromatic nitrogens is 2. The molecule has 4 aromatic rings. The van der Waals surface area contributed by atoms with Crippen LogP contribution in [0.15, 0.2) is 58.1 Å². The highest BCUT2D eigenvalue weighted by Crippen LogP contribution is 2.30. The number of anilines is 2. The van der Waals surface area contributed by atoms with Crippen molar-refractivity contribution in [1.29, 1.82) is 0 Å². The number of para-hydroxylation sites is 1. The van der Waals surface area contributed by atoms with Crippen molar-refractivity contribution in [3.63, 3.8) is 0 Å². The van der Waals surface area contributed by atoms with E-state index < -0.39 is 16.9 Å². The first kappa shape index (κ1) is 22.4. The van der Waals surface area contributed by atoms with Gasteiger partial charge in [0.1, 0.15) is 17.4 Å². The van der Waals surface area contributed by atoms with Crippen molar-refractivity contribution in [3.8, 4) is 0 Å². The molecule has 8 heteroatoms. The summed E-state index contributed by atoms with van der Waals surface area (Å²) in [7, 11) is 0. The summed E-state index contributed by atoms with van der Waals surface area (Å²) in [5, 5.41) is 11.7. The number of H-pyrrole nitrogens is 1. The zero-order chi connectivity index (χ0) is 24.6. The van der Waals surface area contributed by atoms with Gasteiger partial charge >= 0.3 is 0 Å². The summed E-state index contributed by atoms with van der Waals surface area (Å²) in [6.45, 7) is 3.18. The van der Waals surface area contributed by atoms with Gasteiger partial charge < -0.3 is 15.1 Å². The fourth-order valence-electron chi connectivity index (χ4n) is 5.31. The molecule has 3 aromatic carbocycles. The number of fused-ring (bicyclic) bond motifs is 1. The molecular weight excluding hydrogens is 454 g/mol. The molecule has 2 saturated heterocycles. The number of aromatic amines is 1. The first-order valence-corrected chi connectivity index (χ1v) is 12.4. The predicted molar refractivity (Wildman–Crippen MR) is 143 cm³/mol. The number of nitrogens with one attached hydrogen (secondary N) is 2. The molecular formula is C28H27N5O3. The highest BCUT2D eigenvalue weighted by Gasteiger charge is 2.38. The zero-order valence-electron chi connectivity index (χ0n) is 19.9. The topological polar surface area (TPSA) is 98.4 Å². The van der Waals surface area contributed by atoms with E-state index in [-0.39, 0.29) is 5.78 Å². The Labute approximate surface area is 207 Å². The number of carbonyl (C=O) groups is 1. The van der Waals surface area contributed by atoms with Gasteiger partial charge in [-0.25, -0.2) is 0 Å². The molecule has 1 aromatic heterocycles. The number of nitrogens with zero attached hydrogens (tertiary/aromatic N) is 3. The van der Waals surface area contributed by atoms with Crippen LogP contribution in [-0.4, -0.2) is 54.7 Å². The molecule has 0 bridgehead atoms. The molecule has 2 aliphatic rings. The summed E-state index contributed by atoms with van der Waals surface area (Å²) in [6, 6.07) is 14.9. The van der Waals surface area contributed by atoms with E-state index in [4.69, 9.17) is 0 Å². The van der Waals surface area contributed by atoms with Gasteiger partial charge in [-0.1, -0.05) is 48.5 Å². The van der Waals surface area contributed by atoms with Gasteiger partial charge in [-0.2, -0.15) is 5.10 Å². The largest absolute Gasteiger partial charge is 0.366 e. The molecule has 1 unspecified atom stereocenters. The summed E-state index contributed by atoms with van der Waals surface area (Å²) in [5.41, 5.74) is 3.42. The van der Waals surface area contributed by atoms with Crippen LogP contribution in [0.2, 0.25) is 0 Å². The second-order valence-electron chi connectivity index (χ2n) is 9.44. The van der Waals surface area contributed by atoms with Gasteiger partial charge in [0.25, 0.3) is 10.9 Å². The van der Waals surface area contributed by atoms with E-state index >= 15 is 0 Å². The number of benzene rings is 2. The van der Waals surface area contributed by atoms with Crippen LogP contribution >= 0.6 is 0 Å². The fraction of sp³-hybridized carbons (Fsp3) is 0.286. The van der Waals surface area contributed by atoms with Crippen molar-refractivity contribution < 1.29 is 4.79 Å². The maximum Gasteiger partial charge on any atom is 0.253 e. The van der Waals surface area contributed by atoms with E-state index in [9.17, 15) is 14.4 Å². The van der Waals surface area contributed by atoms with Crippen molar-refractivity contribution in [2.75, 3.05) is 42.5 Å². The predicted octanol–water partition coefficient (Wildman–Crippen LogP) is 2.59. The number of piperazine rings is 1. The third-order valence-corrected chi connectivity index (χ3v) is 7.24. The van der Waals surface area contributed by atoms with Gasteiger partial charge in [-0.3, -0.25) is 19.5 Å². The van der Waals surface area contributed by atoms with Crippen molar-refractivity contribution >= 4 is 40.2 Å². The smallest absolute Gasteiger partial charge is 0.253 e. The molecule has 8 nitrogen and oxygen atoms in total. The van der Waals surface area contributed by atoms with Crippen LogP contribution in [0.1, 0.15) is 34.5 Å². The third kappa shape index (κ3) is 3.83. The standard InChI is InChI=1S/C28H27N5O3/c34-26(19-10-7-18(8-11-19)9-12-22-20-5-1-2-6-21(20)30-31-22)23-17-29-13-16-33(23)25-24(27(35)28(25)36)32-14-3-4-15-32/h1-2,5-12,23,29H,3-4,13-17H2,(H,30,31). The molecule has 2 aliphatic heterocycles. The molecule has 182 valence electrons. The van der Waals surface area contributed by atoms with Gasteiger partial charge in [0.2, 0.25) is 0 Å². The molecule has 0 aliphatic carbocycles. The van der Waals surface area contributed by atoms with Crippen LogP contribution in [-0.2, 0) is 0 Å². The van der Waals surface area contributed by atoms with Crippen LogP contribution in [0, 0.1) is 0 Å². The van der Waals surface area contributed by atoms with Crippen molar-refractivity contribution in [3.05, 3.63) is 85.8 Å². The van der Waals surface area contributed by atoms with Crippen molar-refractivity contribution in [2.24, 2.45) is 0 Å². The lowest BCUT2D eigenvalue weighted by Gasteiger charge is -2.39. The van der Waals surface area contributed by atoms with Crippen LogP contribution < -0.4 is 26.0 Å². The molecule has 0 amide bonds. The lowest BCUT2D eigenvalue weighted by atomic mass is 9.98. The van der Waals surface area contributed by atoms with Crippen LogP contribution in [0.3, 0.4) is 0 Å². The maximum absolute atomic E-state index is 13.5. The Bertz CT molecular complexity index is 1520. The molecule has 6 rings (SSSR count). The second kappa shape index (κ2) is 9.20. The summed E-state index contributed by atoms with van der Waals surface area (Å²) < 4.78 is 0. The summed E-state index contributed by atoms with van der Waals surface area (Å²) in [5.74, 6) is -0.0588. The number of Topliss-reactive ketones (excluding diaryl/α,β-unsaturated/α-hetero) is 1. The average Bonchev–Trinajstić information content (AvgIpc) is 3.60. The molecule has 3 heterocycles. The molecule has 0 spiro atoms. The molecule has 2 N–H and O–H groups in total. The maximum atomic E-state index is 13.5. The lowest BCUT2D eigenvalue weighted by Crippen LogP contribution is -2.59. The highest BCUT2D eigenvalue weighted by atomic mass is 16.2. The molecule has 36 heavy (non-hydrogen) atoms. The summed E-state index contributed by atoms with van der Waals surface area (Å²) in [6.07, 6.45) is 5.95. The van der Waals surface area contributed by atoms with Crippen molar-refractivity contribution in [2.45, 2.75) is 18.9 Å². The SMILES string of the molecule is O=C(c1ccc(C=Cc2n[nH]c3ccccc23)cc1)C1CNCCN1c1c(N2CCCC2)c(=O)c1=O. The average molecular weight is 482 g/mol. The Hall–Kier alpha value is -4.04. The van der Waals surface area contributed by atoms with Crippen molar-refractivity contribution in [1.82, 2.24) is 15.5 Å². The molecule has 1 atom stereocenters. The lowest BCUT2D eigenvalue weighted by molar-refractivity contribution is 0.0950. The Morgan fingerprint density at radius 3 is 2.47 bits per heavy atom. The zero-order valence-corrected chi connectivity index (χ0v) is 19.9. The molecule has 0 radical (unpaired) electrons. The van der Waals surface area contributed by atoms with E-state index in [1.165, 1.54) is 0 Å². The first-order valence-electron chi connectivity index (χ1n) is 12.4. The van der Waals surface area contributed by atoms with Gasteiger partial charge in [-0.15, -0.1) is 0 Å². The van der Waals surface area contributed by atoms with Gasteiger partial charge in [0.15, 0.2) is 5.78 Å². The number of rotatable bonds is 6. The Kier molecular flexibility index (Phi) is 5.73. The minimum Gasteiger partial charge on any atom is -0.366 e. The van der Waals surface area contributed by atoms with E-state index in [1.807, 2.05) is 70.5 Å². The second-order valence-corrected chi connectivity index (χ2v) is 9.44. The quantitative estimate of drug-likeness (QED) is 0.323. The van der Waals surface area contributed by atoms with Gasteiger partial charge in [0, 0.05) is 43.7 Å². The van der Waals surface area contributed by atoms with E-state index in [0.717, 1.165) is 48.1 Å². The monoisotopic (exact) mass is 481 g/mol. The highest BCUT2D eigenvalue weighted by molar-refractivity contribution is 6.03. The summed E-state index contributed by atoms with van der Waals surface area (Å²) in [4.78, 5) is 42.4. The minimum absolute atomic E-state index is 0.0588. The number of hydrogen-bond donors (Lipinski definition) is 2. The number of carbonyl (C=O) groups excluding carboxylic acids is 1. The van der Waals surface area contributed by atoms with Crippen LogP contribution in [0.25, 0.3) is 23.1 Å². The normalized spacial score (nSPS) is 18.6. The van der Waals surface area contributed by atoms with Crippen LogP contribution in [0.5, 0.6) is 0 Å². The molecule has 0 saturated carbocycles. The van der Waals surface area contributed by atoms with Gasteiger partial charge in [-0.05, 0) is 30.5 Å². The minimum atomic E-state index is -0.528. The van der Waals surface area contributed by atoms with E-state index in [1.54, 1.807) is 0 Å². The number of hydrogen-bond acceptors (Lipinski definition) is 7. The number of ketones is 1. The summed E-state index contributed by atoms with van der Waals surface area (Å²) >= 11 is 0. The first-order chi connectivity index (χ1) is 17.6. The van der Waals surface area contributed by atoms with E-state index in [2.05, 4.69) is 15.5 Å². The van der Waals surface area contributed by atoms with Crippen LogP contribution in [0.4, 0.5) is 11.4 Å².